The molecular formula is C19H23N5OS. The topological polar surface area (TPSA) is 64.9 Å². The zero-order valence-corrected chi connectivity index (χ0v) is 15.7. The molecule has 0 atom stereocenters. The fourth-order valence-corrected chi connectivity index (χ4v) is 3.34. The summed E-state index contributed by atoms with van der Waals surface area (Å²) in [5.41, 5.74) is 2.21. The Morgan fingerprint density at radius 1 is 1.12 bits per heavy atom. The van der Waals surface area contributed by atoms with E-state index in [9.17, 15) is 0 Å². The minimum absolute atomic E-state index is 0.691. The van der Waals surface area contributed by atoms with E-state index in [0.29, 0.717) is 6.61 Å². The Bertz CT molecular complexity index is 793. The maximum atomic E-state index is 5.53. The molecule has 3 aromatic rings. The zero-order chi connectivity index (χ0) is 18.0. The second-order valence-corrected chi connectivity index (χ2v) is 6.73. The fraction of sp³-hybridized carbons (Fsp3) is 0.316. The molecule has 1 aromatic heterocycles. The van der Waals surface area contributed by atoms with Crippen LogP contribution in [0.5, 0.6) is 5.75 Å². The van der Waals surface area contributed by atoms with Crippen LogP contribution in [0.1, 0.15) is 18.9 Å². The van der Waals surface area contributed by atoms with Gasteiger partial charge in [0.2, 0.25) is 5.16 Å². The maximum Gasteiger partial charge on any atom is 0.214 e. The second kappa shape index (κ2) is 9.94. The lowest BCUT2D eigenvalue weighted by atomic mass is 10.2. The molecule has 26 heavy (non-hydrogen) atoms. The van der Waals surface area contributed by atoms with Crippen molar-refractivity contribution in [2.75, 3.05) is 18.9 Å². The number of nitrogens with zero attached hydrogens (tertiary/aromatic N) is 4. The number of ether oxygens (including phenoxy) is 1. The molecule has 1 heterocycles. The third kappa shape index (κ3) is 5.31. The first-order valence-electron chi connectivity index (χ1n) is 8.76. The summed E-state index contributed by atoms with van der Waals surface area (Å²) in [4.78, 5) is 0. The van der Waals surface area contributed by atoms with Gasteiger partial charge in [-0.25, -0.2) is 0 Å². The van der Waals surface area contributed by atoms with Gasteiger partial charge in [0, 0.05) is 12.3 Å². The Labute approximate surface area is 158 Å². The summed E-state index contributed by atoms with van der Waals surface area (Å²) in [5.74, 6) is 1.88. The molecule has 0 saturated carbocycles. The van der Waals surface area contributed by atoms with Crippen molar-refractivity contribution in [2.45, 2.75) is 25.0 Å². The van der Waals surface area contributed by atoms with Crippen LogP contribution in [0.4, 0.5) is 0 Å². The van der Waals surface area contributed by atoms with Gasteiger partial charge >= 0.3 is 0 Å². The van der Waals surface area contributed by atoms with E-state index < -0.39 is 0 Å². The van der Waals surface area contributed by atoms with E-state index in [2.05, 4.69) is 33.0 Å². The van der Waals surface area contributed by atoms with Crippen molar-refractivity contribution in [1.29, 1.82) is 0 Å². The van der Waals surface area contributed by atoms with E-state index in [1.807, 2.05) is 49.4 Å². The third-order valence-electron chi connectivity index (χ3n) is 3.71. The molecule has 0 spiro atoms. The summed E-state index contributed by atoms with van der Waals surface area (Å²) in [5, 5.41) is 16.3. The zero-order valence-electron chi connectivity index (χ0n) is 14.8. The molecule has 2 aromatic carbocycles. The van der Waals surface area contributed by atoms with Gasteiger partial charge in [0.1, 0.15) is 5.75 Å². The summed E-state index contributed by atoms with van der Waals surface area (Å²) < 4.78 is 7.30. The van der Waals surface area contributed by atoms with E-state index in [1.54, 1.807) is 16.4 Å². The predicted molar refractivity (Wildman–Crippen MR) is 104 cm³/mol. The van der Waals surface area contributed by atoms with E-state index in [-0.39, 0.29) is 0 Å². The number of rotatable bonds is 10. The van der Waals surface area contributed by atoms with E-state index in [1.165, 1.54) is 5.56 Å². The summed E-state index contributed by atoms with van der Waals surface area (Å²) in [7, 11) is 0. The molecule has 0 aliphatic carbocycles. The SMILES string of the molecule is CCOc1cccc(CNCCCSc2nnnn2-c2ccccc2)c1. The Morgan fingerprint density at radius 2 is 2.00 bits per heavy atom. The van der Waals surface area contributed by atoms with Crippen molar-refractivity contribution in [1.82, 2.24) is 25.5 Å². The van der Waals surface area contributed by atoms with Gasteiger partial charge < -0.3 is 10.1 Å². The lowest BCUT2D eigenvalue weighted by Gasteiger charge is -2.08. The molecule has 0 amide bonds. The van der Waals surface area contributed by atoms with Crippen LogP contribution in [0, 0.1) is 0 Å². The predicted octanol–water partition coefficient (Wildman–Crippen LogP) is 3.33. The van der Waals surface area contributed by atoms with Crippen LogP contribution in [0.3, 0.4) is 0 Å². The molecule has 0 aliphatic heterocycles. The van der Waals surface area contributed by atoms with Crippen molar-refractivity contribution in [3.8, 4) is 11.4 Å². The van der Waals surface area contributed by atoms with Crippen molar-refractivity contribution in [2.24, 2.45) is 0 Å². The highest BCUT2D eigenvalue weighted by Gasteiger charge is 2.08. The van der Waals surface area contributed by atoms with Crippen LogP contribution < -0.4 is 10.1 Å². The normalized spacial score (nSPS) is 10.8. The monoisotopic (exact) mass is 369 g/mol. The number of nitrogens with one attached hydrogen (secondary N) is 1. The number of thioether (sulfide) groups is 1. The van der Waals surface area contributed by atoms with Crippen LogP contribution in [0.25, 0.3) is 5.69 Å². The average Bonchev–Trinajstić information content (AvgIpc) is 3.14. The van der Waals surface area contributed by atoms with Gasteiger partial charge in [0.05, 0.1) is 12.3 Å². The molecule has 3 rings (SSSR count). The van der Waals surface area contributed by atoms with Crippen LogP contribution in [-0.4, -0.2) is 39.1 Å². The van der Waals surface area contributed by atoms with Crippen LogP contribution in [0.2, 0.25) is 0 Å². The van der Waals surface area contributed by atoms with Gasteiger partial charge in [-0.3, -0.25) is 0 Å². The van der Waals surface area contributed by atoms with Crippen LogP contribution in [-0.2, 0) is 6.54 Å². The standard InChI is InChI=1S/C19H23N5OS/c1-2-25-18-11-6-8-16(14-18)15-20-12-7-13-26-19-21-22-23-24(19)17-9-4-3-5-10-17/h3-6,8-11,14,20H,2,7,12-13,15H2,1H3. The lowest BCUT2D eigenvalue weighted by Crippen LogP contribution is -2.15. The summed E-state index contributed by atoms with van der Waals surface area (Å²) >= 11 is 1.67. The molecule has 1 N–H and O–H groups in total. The van der Waals surface area contributed by atoms with Gasteiger partial charge in [0.15, 0.2) is 0 Å². The molecule has 0 bridgehead atoms. The van der Waals surface area contributed by atoms with Crippen molar-refractivity contribution in [3.63, 3.8) is 0 Å². The van der Waals surface area contributed by atoms with Crippen molar-refractivity contribution < 1.29 is 4.74 Å². The summed E-state index contributed by atoms with van der Waals surface area (Å²) in [6.45, 7) is 4.47. The third-order valence-corrected chi connectivity index (χ3v) is 4.71. The number of hydrogen-bond donors (Lipinski definition) is 1. The number of tetrazole rings is 1. The number of aromatic nitrogens is 4. The smallest absolute Gasteiger partial charge is 0.214 e. The van der Waals surface area contributed by atoms with Gasteiger partial charge in [-0.1, -0.05) is 42.1 Å². The lowest BCUT2D eigenvalue weighted by molar-refractivity contribution is 0.340. The molecule has 7 heteroatoms. The minimum Gasteiger partial charge on any atom is -0.494 e. The highest BCUT2D eigenvalue weighted by atomic mass is 32.2. The first-order chi connectivity index (χ1) is 12.9. The first kappa shape index (κ1) is 18.4. The van der Waals surface area contributed by atoms with Crippen molar-refractivity contribution >= 4 is 11.8 Å². The van der Waals surface area contributed by atoms with E-state index in [4.69, 9.17) is 4.74 Å². The largest absolute Gasteiger partial charge is 0.494 e. The molecule has 0 fully saturated rings. The molecule has 0 unspecified atom stereocenters. The number of benzene rings is 2. The molecular weight excluding hydrogens is 346 g/mol. The highest BCUT2D eigenvalue weighted by Crippen LogP contribution is 2.18. The molecule has 0 radical (unpaired) electrons. The van der Waals surface area contributed by atoms with Crippen LogP contribution in [0.15, 0.2) is 59.8 Å². The number of hydrogen-bond acceptors (Lipinski definition) is 6. The first-order valence-corrected chi connectivity index (χ1v) is 9.74. The number of para-hydroxylation sites is 1. The Hall–Kier alpha value is -2.38. The van der Waals surface area contributed by atoms with Gasteiger partial charge in [-0.05, 0) is 60.1 Å². The maximum absolute atomic E-state index is 5.53. The van der Waals surface area contributed by atoms with E-state index >= 15 is 0 Å². The molecule has 0 aliphatic rings. The van der Waals surface area contributed by atoms with Crippen molar-refractivity contribution in [3.05, 3.63) is 60.2 Å². The fourth-order valence-electron chi connectivity index (χ4n) is 2.51. The molecule has 0 saturated heterocycles. The van der Waals surface area contributed by atoms with Crippen LogP contribution >= 0.6 is 11.8 Å². The molecule has 136 valence electrons. The summed E-state index contributed by atoms with van der Waals surface area (Å²) in [6.07, 6.45) is 1.04. The van der Waals surface area contributed by atoms with Gasteiger partial charge in [0.25, 0.3) is 0 Å². The Kier molecular flexibility index (Phi) is 7.04. The highest BCUT2D eigenvalue weighted by molar-refractivity contribution is 7.99. The average molecular weight is 369 g/mol. The Morgan fingerprint density at radius 3 is 2.85 bits per heavy atom. The quantitative estimate of drug-likeness (QED) is 0.437. The van der Waals surface area contributed by atoms with Gasteiger partial charge in [-0.15, -0.1) is 5.10 Å². The Balaban J connectivity index is 1.39. The minimum atomic E-state index is 0.691. The second-order valence-electron chi connectivity index (χ2n) is 5.67. The van der Waals surface area contributed by atoms with E-state index in [0.717, 1.165) is 41.9 Å². The van der Waals surface area contributed by atoms with Gasteiger partial charge in [-0.2, -0.15) is 4.68 Å². The molecule has 6 nitrogen and oxygen atoms in total. The summed E-state index contributed by atoms with van der Waals surface area (Å²) in [6, 6.07) is 18.2.